The molecule has 1 aromatic heterocycles. The molecule has 0 aliphatic carbocycles. The standard InChI is InChI=1S/C22H31N3O/c1-4-21-16-24(13-14-25(21)18(2)3)15-19-8-10-22(11-9-19)26-17-20-7-5-6-12-23-20/h5-12,18,21H,4,13-17H2,1-3H3/t21-/m1/s1. The highest BCUT2D eigenvalue weighted by Crippen LogP contribution is 2.19. The van der Waals surface area contributed by atoms with Gasteiger partial charge in [0.05, 0.1) is 5.69 Å². The van der Waals surface area contributed by atoms with Gasteiger partial charge in [-0.1, -0.05) is 25.1 Å². The summed E-state index contributed by atoms with van der Waals surface area (Å²) in [6.45, 7) is 11.9. The van der Waals surface area contributed by atoms with Crippen molar-refractivity contribution in [2.45, 2.75) is 52.4 Å². The van der Waals surface area contributed by atoms with Crippen molar-refractivity contribution in [1.82, 2.24) is 14.8 Å². The Bertz CT molecular complexity index is 657. The number of hydrogen-bond donors (Lipinski definition) is 0. The molecule has 0 amide bonds. The van der Waals surface area contributed by atoms with Gasteiger partial charge in [0.1, 0.15) is 12.4 Å². The van der Waals surface area contributed by atoms with Crippen LogP contribution in [0.25, 0.3) is 0 Å². The number of rotatable bonds is 7. The van der Waals surface area contributed by atoms with Crippen LogP contribution in [-0.4, -0.2) is 46.5 Å². The van der Waals surface area contributed by atoms with Crippen LogP contribution in [0.3, 0.4) is 0 Å². The normalized spacial score (nSPS) is 19.0. The van der Waals surface area contributed by atoms with Crippen molar-refractivity contribution in [3.05, 3.63) is 59.9 Å². The number of ether oxygens (including phenoxy) is 1. The van der Waals surface area contributed by atoms with Gasteiger partial charge in [-0.25, -0.2) is 0 Å². The van der Waals surface area contributed by atoms with Crippen LogP contribution >= 0.6 is 0 Å². The zero-order chi connectivity index (χ0) is 18.4. The largest absolute Gasteiger partial charge is 0.487 e. The van der Waals surface area contributed by atoms with Gasteiger partial charge in [-0.05, 0) is 50.1 Å². The van der Waals surface area contributed by atoms with Gasteiger partial charge >= 0.3 is 0 Å². The molecule has 0 unspecified atom stereocenters. The third-order valence-electron chi connectivity index (χ3n) is 5.19. The molecule has 0 bridgehead atoms. The van der Waals surface area contributed by atoms with E-state index in [-0.39, 0.29) is 0 Å². The maximum Gasteiger partial charge on any atom is 0.130 e. The van der Waals surface area contributed by atoms with E-state index in [2.05, 4.69) is 59.8 Å². The van der Waals surface area contributed by atoms with E-state index in [0.29, 0.717) is 18.7 Å². The molecule has 1 aliphatic heterocycles. The lowest BCUT2D eigenvalue weighted by atomic mass is 10.1. The van der Waals surface area contributed by atoms with E-state index in [9.17, 15) is 0 Å². The van der Waals surface area contributed by atoms with Gasteiger partial charge in [-0.15, -0.1) is 0 Å². The van der Waals surface area contributed by atoms with Crippen molar-refractivity contribution in [1.29, 1.82) is 0 Å². The molecule has 1 aromatic carbocycles. The predicted octanol–water partition coefficient (Wildman–Crippen LogP) is 3.97. The van der Waals surface area contributed by atoms with Crippen LogP contribution in [0.15, 0.2) is 48.7 Å². The van der Waals surface area contributed by atoms with Gasteiger partial charge in [0.25, 0.3) is 0 Å². The summed E-state index contributed by atoms with van der Waals surface area (Å²) in [6.07, 6.45) is 3.01. The molecule has 0 radical (unpaired) electrons. The smallest absolute Gasteiger partial charge is 0.130 e. The molecular formula is C22H31N3O. The fourth-order valence-corrected chi connectivity index (χ4v) is 3.71. The van der Waals surface area contributed by atoms with Crippen LogP contribution in [0.4, 0.5) is 0 Å². The third-order valence-corrected chi connectivity index (χ3v) is 5.19. The molecule has 140 valence electrons. The highest BCUT2D eigenvalue weighted by Gasteiger charge is 2.27. The van der Waals surface area contributed by atoms with Crippen molar-refractivity contribution in [2.24, 2.45) is 0 Å². The zero-order valence-corrected chi connectivity index (χ0v) is 16.3. The summed E-state index contributed by atoms with van der Waals surface area (Å²) in [5.74, 6) is 0.899. The van der Waals surface area contributed by atoms with Crippen molar-refractivity contribution >= 4 is 0 Å². The van der Waals surface area contributed by atoms with E-state index in [1.165, 1.54) is 18.5 Å². The van der Waals surface area contributed by atoms with Crippen molar-refractivity contribution in [3.8, 4) is 5.75 Å². The summed E-state index contributed by atoms with van der Waals surface area (Å²) >= 11 is 0. The molecule has 4 heteroatoms. The maximum atomic E-state index is 5.83. The molecular weight excluding hydrogens is 322 g/mol. The summed E-state index contributed by atoms with van der Waals surface area (Å²) in [7, 11) is 0. The highest BCUT2D eigenvalue weighted by atomic mass is 16.5. The lowest BCUT2D eigenvalue weighted by molar-refractivity contribution is 0.0456. The predicted molar refractivity (Wildman–Crippen MR) is 106 cm³/mol. The highest BCUT2D eigenvalue weighted by molar-refractivity contribution is 5.27. The number of aromatic nitrogens is 1. The summed E-state index contributed by atoms with van der Waals surface area (Å²) in [5, 5.41) is 0. The zero-order valence-electron chi connectivity index (χ0n) is 16.3. The summed E-state index contributed by atoms with van der Waals surface area (Å²) in [6, 6.07) is 15.7. The van der Waals surface area contributed by atoms with Crippen LogP contribution in [0.1, 0.15) is 38.4 Å². The van der Waals surface area contributed by atoms with Crippen LogP contribution in [0, 0.1) is 0 Å². The van der Waals surface area contributed by atoms with Gasteiger partial charge in [-0.2, -0.15) is 0 Å². The molecule has 2 heterocycles. The second-order valence-corrected chi connectivity index (χ2v) is 7.38. The number of pyridine rings is 1. The van der Waals surface area contributed by atoms with Crippen molar-refractivity contribution < 1.29 is 4.74 Å². The Balaban J connectivity index is 1.51. The first-order valence-electron chi connectivity index (χ1n) is 9.75. The fraction of sp³-hybridized carbons (Fsp3) is 0.500. The monoisotopic (exact) mass is 353 g/mol. The number of benzene rings is 1. The SMILES string of the molecule is CC[C@@H]1CN(Cc2ccc(OCc3ccccn3)cc2)CCN1C(C)C. The Morgan fingerprint density at radius 3 is 2.58 bits per heavy atom. The van der Waals surface area contributed by atoms with Crippen molar-refractivity contribution in [2.75, 3.05) is 19.6 Å². The number of nitrogens with zero attached hydrogens (tertiary/aromatic N) is 3. The van der Waals surface area contributed by atoms with E-state index in [1.807, 2.05) is 18.2 Å². The van der Waals surface area contributed by atoms with Gasteiger partial charge in [-0.3, -0.25) is 14.8 Å². The molecule has 0 N–H and O–H groups in total. The number of piperazine rings is 1. The van der Waals surface area contributed by atoms with Crippen LogP contribution in [0.2, 0.25) is 0 Å². The molecule has 2 aromatic rings. The summed E-state index contributed by atoms with van der Waals surface area (Å²) in [5.41, 5.74) is 2.30. The minimum atomic E-state index is 0.509. The Morgan fingerprint density at radius 2 is 1.92 bits per heavy atom. The molecule has 4 nitrogen and oxygen atoms in total. The fourth-order valence-electron chi connectivity index (χ4n) is 3.71. The van der Waals surface area contributed by atoms with Gasteiger partial charge in [0, 0.05) is 44.5 Å². The van der Waals surface area contributed by atoms with Gasteiger partial charge in [0.2, 0.25) is 0 Å². The molecule has 3 rings (SSSR count). The van der Waals surface area contributed by atoms with E-state index < -0.39 is 0 Å². The molecule has 1 fully saturated rings. The Morgan fingerprint density at radius 1 is 1.12 bits per heavy atom. The van der Waals surface area contributed by atoms with Crippen molar-refractivity contribution in [3.63, 3.8) is 0 Å². The maximum absolute atomic E-state index is 5.83. The Labute approximate surface area is 157 Å². The van der Waals surface area contributed by atoms with Gasteiger partial charge < -0.3 is 4.74 Å². The molecule has 1 aliphatic rings. The second-order valence-electron chi connectivity index (χ2n) is 7.38. The molecule has 0 saturated carbocycles. The Hall–Kier alpha value is -1.91. The van der Waals surface area contributed by atoms with Gasteiger partial charge in [0.15, 0.2) is 0 Å². The van der Waals surface area contributed by atoms with E-state index in [4.69, 9.17) is 4.74 Å². The quantitative estimate of drug-likeness (QED) is 0.753. The minimum absolute atomic E-state index is 0.509. The Kier molecular flexibility index (Phi) is 6.64. The van der Waals surface area contributed by atoms with Crippen LogP contribution in [-0.2, 0) is 13.2 Å². The summed E-state index contributed by atoms with van der Waals surface area (Å²) < 4.78 is 5.83. The average molecular weight is 354 g/mol. The second kappa shape index (κ2) is 9.15. The molecule has 26 heavy (non-hydrogen) atoms. The first-order valence-corrected chi connectivity index (χ1v) is 9.75. The molecule has 0 spiro atoms. The summed E-state index contributed by atoms with van der Waals surface area (Å²) in [4.78, 5) is 9.51. The van der Waals surface area contributed by atoms with Crippen LogP contribution < -0.4 is 4.74 Å². The number of hydrogen-bond acceptors (Lipinski definition) is 4. The topological polar surface area (TPSA) is 28.6 Å². The van der Waals surface area contributed by atoms with E-state index in [0.717, 1.165) is 31.1 Å². The molecule has 1 atom stereocenters. The minimum Gasteiger partial charge on any atom is -0.487 e. The lowest BCUT2D eigenvalue weighted by Crippen LogP contribution is -2.54. The van der Waals surface area contributed by atoms with E-state index >= 15 is 0 Å². The first kappa shape index (κ1) is 18.9. The average Bonchev–Trinajstić information content (AvgIpc) is 2.68. The lowest BCUT2D eigenvalue weighted by Gasteiger charge is -2.43. The van der Waals surface area contributed by atoms with E-state index in [1.54, 1.807) is 6.20 Å². The third kappa shape index (κ3) is 5.05. The molecule has 1 saturated heterocycles. The van der Waals surface area contributed by atoms with Crippen LogP contribution in [0.5, 0.6) is 5.75 Å². The first-order chi connectivity index (χ1) is 12.7.